The minimum absolute atomic E-state index is 0.0725. The summed E-state index contributed by atoms with van der Waals surface area (Å²) in [5.74, 6) is -5.30. The van der Waals surface area contributed by atoms with Crippen LogP contribution in [0.1, 0.15) is 35.2 Å². The minimum Gasteiger partial charge on any atom is -0.457 e. The Morgan fingerprint density at radius 3 is 2.22 bits per heavy atom. The van der Waals surface area contributed by atoms with Crippen molar-refractivity contribution in [3.63, 3.8) is 0 Å². The number of benzene rings is 3. The molecule has 1 aromatic heterocycles. The SMILES string of the molecule is CC(F)(F)CN1C(=O)C2=C(C(c3cccc4[nH]c(=O)oc34)=NC2)C1c1ccc(Oc2ccc(C(F)(F)F)c(C(F)(F)F)c2)cc1. The molecule has 0 aliphatic carbocycles. The van der Waals surface area contributed by atoms with Gasteiger partial charge in [0.05, 0.1) is 41.5 Å². The number of hydrogen-bond acceptors (Lipinski definition) is 5. The third-order valence-corrected chi connectivity index (χ3v) is 7.26. The summed E-state index contributed by atoms with van der Waals surface area (Å²) < 4.78 is 119. The molecule has 3 heterocycles. The molecule has 1 N–H and O–H groups in total. The maximum Gasteiger partial charge on any atom is 0.417 e. The summed E-state index contributed by atoms with van der Waals surface area (Å²) >= 11 is 0. The summed E-state index contributed by atoms with van der Waals surface area (Å²) in [6.07, 6.45) is -10.6. The van der Waals surface area contributed by atoms with E-state index >= 15 is 0 Å². The number of oxazole rings is 1. The van der Waals surface area contributed by atoms with E-state index in [0.717, 1.165) is 11.0 Å². The molecular formula is C30H19F8N3O4. The van der Waals surface area contributed by atoms with Gasteiger partial charge in [-0.3, -0.25) is 14.8 Å². The van der Waals surface area contributed by atoms with Gasteiger partial charge in [0.15, 0.2) is 5.58 Å². The van der Waals surface area contributed by atoms with Gasteiger partial charge in [0.1, 0.15) is 11.5 Å². The molecule has 3 aromatic carbocycles. The molecule has 45 heavy (non-hydrogen) atoms. The van der Waals surface area contributed by atoms with E-state index in [1.807, 2.05) is 0 Å². The van der Waals surface area contributed by atoms with Crippen molar-refractivity contribution >= 4 is 22.7 Å². The molecule has 234 valence electrons. The van der Waals surface area contributed by atoms with Crippen molar-refractivity contribution < 1.29 is 49.1 Å². The van der Waals surface area contributed by atoms with Gasteiger partial charge in [-0.1, -0.05) is 18.2 Å². The lowest BCUT2D eigenvalue weighted by Gasteiger charge is -2.30. The zero-order chi connectivity index (χ0) is 32.5. The number of alkyl halides is 8. The van der Waals surface area contributed by atoms with E-state index in [0.29, 0.717) is 29.1 Å². The number of halogens is 8. The summed E-state index contributed by atoms with van der Waals surface area (Å²) in [4.78, 5) is 33.2. The Kier molecular flexibility index (Phi) is 6.89. The van der Waals surface area contributed by atoms with E-state index in [4.69, 9.17) is 9.15 Å². The topological polar surface area (TPSA) is 87.9 Å². The number of nitrogens with zero attached hydrogens (tertiary/aromatic N) is 2. The average molecular weight is 637 g/mol. The van der Waals surface area contributed by atoms with Gasteiger partial charge in [-0.15, -0.1) is 0 Å². The van der Waals surface area contributed by atoms with Crippen molar-refractivity contribution in [2.24, 2.45) is 4.99 Å². The third-order valence-electron chi connectivity index (χ3n) is 7.26. The summed E-state index contributed by atoms with van der Waals surface area (Å²) in [5, 5.41) is 0. The van der Waals surface area contributed by atoms with E-state index in [2.05, 4.69) is 9.98 Å². The highest BCUT2D eigenvalue weighted by Gasteiger charge is 2.47. The summed E-state index contributed by atoms with van der Waals surface area (Å²) in [7, 11) is 0. The lowest BCUT2D eigenvalue weighted by molar-refractivity contribution is -0.162. The van der Waals surface area contributed by atoms with Crippen LogP contribution in [-0.2, 0) is 17.1 Å². The second kappa shape index (κ2) is 10.3. The van der Waals surface area contributed by atoms with E-state index in [9.17, 15) is 44.7 Å². The van der Waals surface area contributed by atoms with Crippen molar-refractivity contribution in [2.45, 2.75) is 31.2 Å². The number of aromatic nitrogens is 1. The van der Waals surface area contributed by atoms with Crippen molar-refractivity contribution in [3.05, 3.63) is 105 Å². The normalized spacial score (nSPS) is 17.4. The number of aliphatic imine (C=N–C) groups is 1. The Labute approximate surface area is 247 Å². The number of fused-ring (bicyclic) bond motifs is 1. The second-order valence-electron chi connectivity index (χ2n) is 10.5. The van der Waals surface area contributed by atoms with E-state index in [-0.39, 0.29) is 41.3 Å². The smallest absolute Gasteiger partial charge is 0.417 e. The Hall–Kier alpha value is -4.95. The standard InChI is InChI=1S/C30H19F8N3O4/c1-28(31,32)13-41-24(22-18(26(41)42)12-39-23(22)17-3-2-4-21-25(17)45-27(43)40-21)14-5-7-15(8-6-14)44-16-9-10-19(29(33,34)35)20(11-16)30(36,37)38/h2-11,24H,12-13H2,1H3,(H,40,43). The van der Waals surface area contributed by atoms with Gasteiger partial charge < -0.3 is 14.1 Å². The van der Waals surface area contributed by atoms with Crippen LogP contribution in [0, 0.1) is 0 Å². The van der Waals surface area contributed by atoms with Crippen molar-refractivity contribution in [2.75, 3.05) is 13.1 Å². The first-order chi connectivity index (χ1) is 21.0. The van der Waals surface area contributed by atoms with Gasteiger partial charge in [0.2, 0.25) is 0 Å². The van der Waals surface area contributed by atoms with Gasteiger partial charge in [-0.2, -0.15) is 26.3 Å². The highest BCUT2D eigenvalue weighted by Crippen LogP contribution is 2.46. The van der Waals surface area contributed by atoms with Crippen LogP contribution in [0.15, 0.2) is 86.0 Å². The number of H-pyrrole nitrogens is 1. The summed E-state index contributed by atoms with van der Waals surface area (Å²) in [5.41, 5.74) is -1.90. The first-order valence-corrected chi connectivity index (χ1v) is 13.2. The Morgan fingerprint density at radius 2 is 1.58 bits per heavy atom. The average Bonchev–Trinajstić information content (AvgIpc) is 3.60. The molecule has 15 heteroatoms. The quantitative estimate of drug-likeness (QED) is 0.225. The van der Waals surface area contributed by atoms with Gasteiger partial charge in [0, 0.05) is 23.6 Å². The first-order valence-electron chi connectivity index (χ1n) is 13.2. The minimum atomic E-state index is -5.31. The molecule has 1 amide bonds. The van der Waals surface area contributed by atoms with Crippen LogP contribution in [-0.4, -0.2) is 40.5 Å². The maximum atomic E-state index is 14.3. The van der Waals surface area contributed by atoms with Crippen LogP contribution in [0.25, 0.3) is 11.1 Å². The predicted molar refractivity (Wildman–Crippen MR) is 143 cm³/mol. The number of amides is 1. The fraction of sp³-hybridized carbons (Fsp3) is 0.233. The van der Waals surface area contributed by atoms with Crippen molar-refractivity contribution in [1.82, 2.24) is 9.88 Å². The number of nitrogens with one attached hydrogen (secondary N) is 1. The molecule has 1 atom stereocenters. The molecule has 0 radical (unpaired) electrons. The van der Waals surface area contributed by atoms with Gasteiger partial charge in [-0.25, -0.2) is 13.6 Å². The number of ether oxygens (including phenoxy) is 1. The molecule has 7 nitrogen and oxygen atoms in total. The van der Waals surface area contributed by atoms with E-state index < -0.39 is 59.4 Å². The van der Waals surface area contributed by atoms with Crippen LogP contribution in [0.3, 0.4) is 0 Å². The maximum absolute atomic E-state index is 14.3. The van der Waals surface area contributed by atoms with Crippen molar-refractivity contribution in [1.29, 1.82) is 0 Å². The molecule has 2 aliphatic heterocycles. The first kappa shape index (κ1) is 30.1. The molecule has 0 bridgehead atoms. The van der Waals surface area contributed by atoms with Crippen LogP contribution >= 0.6 is 0 Å². The van der Waals surface area contributed by atoms with Crippen LogP contribution < -0.4 is 10.5 Å². The fourth-order valence-electron chi connectivity index (χ4n) is 5.52. The third kappa shape index (κ3) is 5.58. The Balaban J connectivity index is 1.37. The van der Waals surface area contributed by atoms with E-state index in [1.165, 1.54) is 24.3 Å². The largest absolute Gasteiger partial charge is 0.457 e. The number of hydrogen-bond donors (Lipinski definition) is 1. The van der Waals surface area contributed by atoms with Gasteiger partial charge in [-0.05, 0) is 48.0 Å². The van der Waals surface area contributed by atoms with Crippen LogP contribution in [0.4, 0.5) is 35.1 Å². The highest BCUT2D eigenvalue weighted by atomic mass is 19.4. The number of carbonyl (C=O) groups is 1. The number of para-hydroxylation sites is 1. The van der Waals surface area contributed by atoms with Crippen molar-refractivity contribution in [3.8, 4) is 11.5 Å². The Bertz CT molecular complexity index is 1950. The molecular weight excluding hydrogens is 618 g/mol. The number of aromatic amines is 1. The molecule has 0 saturated heterocycles. The lowest BCUT2D eigenvalue weighted by atomic mass is 9.91. The zero-order valence-corrected chi connectivity index (χ0v) is 22.8. The molecule has 2 aliphatic rings. The fourth-order valence-corrected chi connectivity index (χ4v) is 5.52. The Morgan fingerprint density at radius 1 is 0.911 bits per heavy atom. The summed E-state index contributed by atoms with van der Waals surface area (Å²) in [6, 6.07) is 10.3. The number of carbonyl (C=O) groups excluding carboxylic acids is 1. The molecule has 0 fully saturated rings. The molecule has 0 spiro atoms. The van der Waals surface area contributed by atoms with Crippen LogP contribution in [0.5, 0.6) is 11.5 Å². The van der Waals surface area contributed by atoms with Gasteiger partial charge >= 0.3 is 18.1 Å². The molecule has 4 aromatic rings. The second-order valence-corrected chi connectivity index (χ2v) is 10.5. The lowest BCUT2D eigenvalue weighted by Crippen LogP contribution is -2.40. The molecule has 1 unspecified atom stereocenters. The molecule has 0 saturated carbocycles. The monoisotopic (exact) mass is 637 g/mol. The summed E-state index contributed by atoms with van der Waals surface area (Å²) in [6.45, 7) is -0.418. The molecule has 6 rings (SSSR count). The van der Waals surface area contributed by atoms with Gasteiger partial charge in [0.25, 0.3) is 11.8 Å². The predicted octanol–water partition coefficient (Wildman–Crippen LogP) is 7.29. The number of rotatable bonds is 6. The zero-order valence-electron chi connectivity index (χ0n) is 22.8. The van der Waals surface area contributed by atoms with E-state index in [1.54, 1.807) is 18.2 Å². The van der Waals surface area contributed by atoms with Crippen LogP contribution in [0.2, 0.25) is 0 Å². The highest BCUT2D eigenvalue weighted by molar-refractivity contribution is 6.25.